The Bertz CT molecular complexity index is 708. The van der Waals surface area contributed by atoms with Gasteiger partial charge in [-0.3, -0.25) is 4.79 Å². The van der Waals surface area contributed by atoms with Crippen LogP contribution in [-0.4, -0.2) is 19.1 Å². The second kappa shape index (κ2) is 6.35. The maximum Gasteiger partial charge on any atom is 0.255 e. The van der Waals surface area contributed by atoms with Crippen LogP contribution in [0, 0.1) is 0 Å². The average Bonchev–Trinajstić information content (AvgIpc) is 2.56. The number of para-hydroxylation sites is 2. The molecule has 4 heteroatoms. The Morgan fingerprint density at radius 3 is 2.77 bits per heavy atom. The topological polar surface area (TPSA) is 47.6 Å². The first-order valence-electron chi connectivity index (χ1n) is 7.23. The van der Waals surface area contributed by atoms with Gasteiger partial charge in [-0.25, -0.2) is 0 Å². The maximum absolute atomic E-state index is 12.3. The Balaban J connectivity index is 1.82. The van der Waals surface area contributed by atoms with E-state index in [-0.39, 0.29) is 12.5 Å². The average molecular weight is 295 g/mol. The zero-order chi connectivity index (χ0) is 15.4. The summed E-state index contributed by atoms with van der Waals surface area (Å²) in [5.74, 6) is 1.25. The molecule has 1 aliphatic heterocycles. The first kappa shape index (κ1) is 14.2. The van der Waals surface area contributed by atoms with Crippen LogP contribution in [0.15, 0.2) is 54.1 Å². The normalized spacial score (nSPS) is 12.7. The summed E-state index contributed by atoms with van der Waals surface area (Å²) in [5, 5.41) is 2.86. The fourth-order valence-corrected chi connectivity index (χ4v) is 2.31. The number of hydrogen-bond donors (Lipinski definition) is 1. The molecule has 1 aliphatic rings. The molecule has 0 saturated carbocycles. The molecule has 2 aromatic rings. The standard InChI is InChI=1S/C18H17NO3/c1-2-21-16-10-6-7-13-11-14(12-22-17(13)16)18(20)19-15-8-4-3-5-9-15/h3-11H,2,12H2,1H3,(H,19,20). The Hall–Kier alpha value is -2.75. The third kappa shape index (κ3) is 2.96. The quantitative estimate of drug-likeness (QED) is 0.939. The van der Waals surface area contributed by atoms with Crippen molar-refractivity contribution in [1.29, 1.82) is 0 Å². The number of anilines is 1. The summed E-state index contributed by atoms with van der Waals surface area (Å²) in [6.07, 6.45) is 1.85. The molecule has 2 aromatic carbocycles. The minimum Gasteiger partial charge on any atom is -0.490 e. The van der Waals surface area contributed by atoms with Gasteiger partial charge in [0.25, 0.3) is 5.91 Å². The van der Waals surface area contributed by atoms with Gasteiger partial charge in [-0.05, 0) is 31.2 Å². The summed E-state index contributed by atoms with van der Waals surface area (Å²) in [5.41, 5.74) is 2.21. The van der Waals surface area contributed by atoms with Crippen LogP contribution in [0.3, 0.4) is 0 Å². The second-order valence-corrected chi connectivity index (χ2v) is 4.89. The minimum atomic E-state index is -0.154. The molecule has 0 aliphatic carbocycles. The van der Waals surface area contributed by atoms with Gasteiger partial charge in [-0.2, -0.15) is 0 Å². The molecule has 3 rings (SSSR count). The number of fused-ring (bicyclic) bond motifs is 1. The number of carbonyl (C=O) groups excluding carboxylic acids is 1. The molecule has 112 valence electrons. The van der Waals surface area contributed by atoms with Crippen LogP contribution < -0.4 is 14.8 Å². The van der Waals surface area contributed by atoms with E-state index in [9.17, 15) is 4.79 Å². The number of hydrogen-bond acceptors (Lipinski definition) is 3. The van der Waals surface area contributed by atoms with E-state index in [0.29, 0.717) is 23.7 Å². The van der Waals surface area contributed by atoms with Crippen molar-refractivity contribution < 1.29 is 14.3 Å². The van der Waals surface area contributed by atoms with Crippen LogP contribution in [-0.2, 0) is 4.79 Å². The summed E-state index contributed by atoms with van der Waals surface area (Å²) in [7, 11) is 0. The number of nitrogens with one attached hydrogen (secondary N) is 1. The third-order valence-corrected chi connectivity index (χ3v) is 3.33. The van der Waals surface area contributed by atoms with Crippen molar-refractivity contribution in [1.82, 2.24) is 0 Å². The van der Waals surface area contributed by atoms with E-state index in [1.165, 1.54) is 0 Å². The lowest BCUT2D eigenvalue weighted by Crippen LogP contribution is -2.21. The van der Waals surface area contributed by atoms with Crippen LogP contribution in [0.1, 0.15) is 12.5 Å². The van der Waals surface area contributed by atoms with Gasteiger partial charge < -0.3 is 14.8 Å². The van der Waals surface area contributed by atoms with E-state index in [0.717, 1.165) is 11.3 Å². The zero-order valence-corrected chi connectivity index (χ0v) is 12.3. The van der Waals surface area contributed by atoms with Crippen molar-refractivity contribution in [3.8, 4) is 11.5 Å². The molecule has 0 bridgehead atoms. The van der Waals surface area contributed by atoms with Gasteiger partial charge in [-0.1, -0.05) is 30.3 Å². The predicted octanol–water partition coefficient (Wildman–Crippen LogP) is 3.50. The van der Waals surface area contributed by atoms with E-state index >= 15 is 0 Å². The molecule has 0 radical (unpaired) electrons. The number of benzene rings is 2. The second-order valence-electron chi connectivity index (χ2n) is 4.89. The largest absolute Gasteiger partial charge is 0.490 e. The highest BCUT2D eigenvalue weighted by Gasteiger charge is 2.20. The number of ether oxygens (including phenoxy) is 2. The first-order valence-corrected chi connectivity index (χ1v) is 7.23. The molecule has 1 amide bonds. The van der Waals surface area contributed by atoms with Gasteiger partial charge in [-0.15, -0.1) is 0 Å². The van der Waals surface area contributed by atoms with E-state index in [1.54, 1.807) is 0 Å². The minimum absolute atomic E-state index is 0.154. The summed E-state index contributed by atoms with van der Waals surface area (Å²) >= 11 is 0. The molecule has 0 spiro atoms. The number of rotatable bonds is 4. The fourth-order valence-electron chi connectivity index (χ4n) is 2.31. The van der Waals surface area contributed by atoms with Crippen LogP contribution in [0.25, 0.3) is 6.08 Å². The summed E-state index contributed by atoms with van der Waals surface area (Å²) in [4.78, 5) is 12.3. The maximum atomic E-state index is 12.3. The zero-order valence-electron chi connectivity index (χ0n) is 12.3. The molecule has 0 unspecified atom stereocenters. The Kier molecular flexibility index (Phi) is 4.10. The molecular formula is C18H17NO3. The SMILES string of the molecule is CCOc1cccc2c1OCC(C(=O)Nc1ccccc1)=C2. The molecule has 1 heterocycles. The Morgan fingerprint density at radius 2 is 2.00 bits per heavy atom. The number of carbonyl (C=O) groups is 1. The highest BCUT2D eigenvalue weighted by atomic mass is 16.5. The molecule has 0 saturated heterocycles. The van der Waals surface area contributed by atoms with Gasteiger partial charge in [0.05, 0.1) is 12.2 Å². The van der Waals surface area contributed by atoms with Crippen molar-refractivity contribution in [2.24, 2.45) is 0 Å². The molecule has 1 N–H and O–H groups in total. The van der Waals surface area contributed by atoms with E-state index in [1.807, 2.05) is 61.5 Å². The van der Waals surface area contributed by atoms with E-state index < -0.39 is 0 Å². The highest BCUT2D eigenvalue weighted by molar-refractivity contribution is 6.07. The van der Waals surface area contributed by atoms with Crippen molar-refractivity contribution in [3.05, 3.63) is 59.7 Å². The lowest BCUT2D eigenvalue weighted by Gasteiger charge is -2.20. The summed E-state index contributed by atoms with van der Waals surface area (Å²) in [6, 6.07) is 15.0. The molecule has 4 nitrogen and oxygen atoms in total. The van der Waals surface area contributed by atoms with Gasteiger partial charge in [0.15, 0.2) is 11.5 Å². The smallest absolute Gasteiger partial charge is 0.255 e. The highest BCUT2D eigenvalue weighted by Crippen LogP contribution is 2.35. The Labute approximate surface area is 129 Å². The van der Waals surface area contributed by atoms with E-state index in [2.05, 4.69) is 5.32 Å². The Morgan fingerprint density at radius 1 is 1.18 bits per heavy atom. The van der Waals surface area contributed by atoms with Crippen LogP contribution in [0.5, 0.6) is 11.5 Å². The lowest BCUT2D eigenvalue weighted by molar-refractivity contribution is -0.113. The summed E-state index contributed by atoms with van der Waals surface area (Å²) in [6.45, 7) is 2.73. The van der Waals surface area contributed by atoms with Crippen molar-refractivity contribution in [2.75, 3.05) is 18.5 Å². The first-order chi connectivity index (χ1) is 10.8. The molecule has 0 atom stereocenters. The van der Waals surface area contributed by atoms with Gasteiger partial charge in [0, 0.05) is 11.3 Å². The lowest BCUT2D eigenvalue weighted by atomic mass is 10.1. The fraction of sp³-hybridized carbons (Fsp3) is 0.167. The van der Waals surface area contributed by atoms with Crippen LogP contribution in [0.2, 0.25) is 0 Å². The molecule has 0 aromatic heterocycles. The van der Waals surface area contributed by atoms with Crippen LogP contribution in [0.4, 0.5) is 5.69 Å². The number of amides is 1. The van der Waals surface area contributed by atoms with Gasteiger partial charge >= 0.3 is 0 Å². The van der Waals surface area contributed by atoms with Crippen molar-refractivity contribution >= 4 is 17.7 Å². The van der Waals surface area contributed by atoms with Crippen molar-refractivity contribution in [3.63, 3.8) is 0 Å². The monoisotopic (exact) mass is 295 g/mol. The summed E-state index contributed by atoms with van der Waals surface area (Å²) < 4.78 is 11.3. The molecule has 22 heavy (non-hydrogen) atoms. The van der Waals surface area contributed by atoms with Crippen LogP contribution >= 0.6 is 0 Å². The molecule has 0 fully saturated rings. The van der Waals surface area contributed by atoms with E-state index in [4.69, 9.17) is 9.47 Å². The molecular weight excluding hydrogens is 278 g/mol. The predicted molar refractivity (Wildman–Crippen MR) is 86.2 cm³/mol. The third-order valence-electron chi connectivity index (χ3n) is 3.33. The van der Waals surface area contributed by atoms with Gasteiger partial charge in [0.1, 0.15) is 6.61 Å². The van der Waals surface area contributed by atoms with Crippen molar-refractivity contribution in [2.45, 2.75) is 6.92 Å². The van der Waals surface area contributed by atoms with Gasteiger partial charge in [0.2, 0.25) is 0 Å².